The Balaban J connectivity index is 1.66. The van der Waals surface area contributed by atoms with Gasteiger partial charge in [0.1, 0.15) is 6.04 Å². The number of fused-ring (bicyclic) bond motifs is 2. The Morgan fingerprint density at radius 2 is 1.73 bits per heavy atom. The van der Waals surface area contributed by atoms with Crippen LogP contribution in [-0.4, -0.2) is 35.2 Å². The Kier molecular flexibility index (Phi) is 4.29. The Bertz CT molecular complexity index is 863. The maximum absolute atomic E-state index is 13.1. The van der Waals surface area contributed by atoms with Gasteiger partial charge in [-0.2, -0.15) is 0 Å². The van der Waals surface area contributed by atoms with E-state index in [-0.39, 0.29) is 24.1 Å². The van der Waals surface area contributed by atoms with Crippen LogP contribution in [0.1, 0.15) is 35.2 Å². The number of hydrogen-bond donors (Lipinski definition) is 0. The standard InChI is InChI=1S/C21H20N2O3/c24-19(13-12-15-7-2-1-3-8-15)23-17-10-5-4-9-16(17)20(25)22-14-6-11-18(22)21(23)26/h1-5,7-10,18H,6,11-14H2/t18-/m0/s1. The molecule has 2 aromatic carbocycles. The van der Waals surface area contributed by atoms with Crippen LogP contribution in [0, 0.1) is 0 Å². The van der Waals surface area contributed by atoms with Crippen LogP contribution in [0.5, 0.6) is 0 Å². The Morgan fingerprint density at radius 3 is 2.54 bits per heavy atom. The van der Waals surface area contributed by atoms with Crippen LogP contribution in [0.25, 0.3) is 0 Å². The highest BCUT2D eigenvalue weighted by Gasteiger charge is 2.43. The first-order valence-corrected chi connectivity index (χ1v) is 8.97. The van der Waals surface area contributed by atoms with Crippen LogP contribution in [0.2, 0.25) is 0 Å². The molecule has 0 aromatic heterocycles. The van der Waals surface area contributed by atoms with Crippen molar-refractivity contribution in [1.29, 1.82) is 0 Å². The molecule has 1 atom stereocenters. The molecule has 2 aliphatic rings. The average Bonchev–Trinajstić information content (AvgIpc) is 3.14. The first kappa shape index (κ1) is 16.5. The summed E-state index contributed by atoms with van der Waals surface area (Å²) in [5.41, 5.74) is 1.89. The molecule has 0 bridgehead atoms. The van der Waals surface area contributed by atoms with Gasteiger partial charge in [-0.3, -0.25) is 14.4 Å². The molecule has 5 nitrogen and oxygen atoms in total. The van der Waals surface area contributed by atoms with E-state index in [4.69, 9.17) is 0 Å². The van der Waals surface area contributed by atoms with Gasteiger partial charge < -0.3 is 4.90 Å². The molecule has 0 N–H and O–H groups in total. The minimum Gasteiger partial charge on any atom is -0.327 e. The number of nitrogens with zero attached hydrogens (tertiary/aromatic N) is 2. The number of hydrogen-bond acceptors (Lipinski definition) is 3. The fourth-order valence-corrected chi connectivity index (χ4v) is 3.80. The van der Waals surface area contributed by atoms with Crippen LogP contribution in [-0.2, 0) is 16.0 Å². The van der Waals surface area contributed by atoms with Gasteiger partial charge in [-0.1, -0.05) is 42.5 Å². The summed E-state index contributed by atoms with van der Waals surface area (Å²) >= 11 is 0. The first-order chi connectivity index (χ1) is 12.7. The van der Waals surface area contributed by atoms with Crippen molar-refractivity contribution in [3.05, 3.63) is 65.7 Å². The van der Waals surface area contributed by atoms with Crippen molar-refractivity contribution >= 4 is 23.4 Å². The second kappa shape index (κ2) is 6.75. The summed E-state index contributed by atoms with van der Waals surface area (Å²) in [7, 11) is 0. The van der Waals surface area contributed by atoms with E-state index in [1.165, 1.54) is 4.90 Å². The third-order valence-electron chi connectivity index (χ3n) is 5.11. The number of rotatable bonds is 3. The highest BCUT2D eigenvalue weighted by atomic mass is 16.2. The van der Waals surface area contributed by atoms with Gasteiger partial charge in [0, 0.05) is 13.0 Å². The highest BCUT2D eigenvalue weighted by Crippen LogP contribution is 2.32. The molecule has 1 fully saturated rings. The van der Waals surface area contributed by atoms with Crippen molar-refractivity contribution in [3.63, 3.8) is 0 Å². The van der Waals surface area contributed by atoms with Crippen molar-refractivity contribution < 1.29 is 14.4 Å². The minimum atomic E-state index is -0.532. The molecule has 2 aromatic rings. The van der Waals surface area contributed by atoms with Crippen molar-refractivity contribution in [3.8, 4) is 0 Å². The van der Waals surface area contributed by atoms with Crippen molar-refractivity contribution in [2.24, 2.45) is 0 Å². The van der Waals surface area contributed by atoms with Crippen LogP contribution < -0.4 is 4.90 Å². The fraction of sp³-hybridized carbons (Fsp3) is 0.286. The number of anilines is 1. The maximum Gasteiger partial charge on any atom is 0.256 e. The molecule has 1 saturated heterocycles. The van der Waals surface area contributed by atoms with E-state index in [1.807, 2.05) is 30.3 Å². The number of aryl methyl sites for hydroxylation is 1. The average molecular weight is 348 g/mol. The van der Waals surface area contributed by atoms with E-state index in [9.17, 15) is 14.4 Å². The van der Waals surface area contributed by atoms with Gasteiger partial charge >= 0.3 is 0 Å². The summed E-state index contributed by atoms with van der Waals surface area (Å²) in [4.78, 5) is 41.8. The number of carbonyl (C=O) groups is 3. The monoisotopic (exact) mass is 348 g/mol. The molecule has 4 rings (SSSR count). The smallest absolute Gasteiger partial charge is 0.256 e. The summed E-state index contributed by atoms with van der Waals surface area (Å²) in [5, 5.41) is 0. The van der Waals surface area contributed by atoms with Gasteiger partial charge in [-0.25, -0.2) is 4.90 Å². The molecular formula is C21H20N2O3. The maximum atomic E-state index is 13.1. The van der Waals surface area contributed by atoms with Crippen LogP contribution >= 0.6 is 0 Å². The van der Waals surface area contributed by atoms with Crippen molar-refractivity contribution in [1.82, 2.24) is 4.90 Å². The topological polar surface area (TPSA) is 57.7 Å². The molecule has 0 spiro atoms. The largest absolute Gasteiger partial charge is 0.327 e. The summed E-state index contributed by atoms with van der Waals surface area (Å²) in [6.07, 6.45) is 2.19. The number of benzene rings is 2. The van der Waals surface area contributed by atoms with E-state index < -0.39 is 6.04 Å². The van der Waals surface area contributed by atoms with Gasteiger partial charge in [0.15, 0.2) is 0 Å². The zero-order chi connectivity index (χ0) is 18.1. The minimum absolute atomic E-state index is 0.158. The van der Waals surface area contributed by atoms with E-state index in [0.29, 0.717) is 30.6 Å². The lowest BCUT2D eigenvalue weighted by molar-refractivity contribution is -0.128. The second-order valence-corrected chi connectivity index (χ2v) is 6.73. The third kappa shape index (κ3) is 2.79. The van der Waals surface area contributed by atoms with Crippen molar-refractivity contribution in [2.75, 3.05) is 11.4 Å². The van der Waals surface area contributed by atoms with Crippen LogP contribution in [0.15, 0.2) is 54.6 Å². The molecule has 0 aliphatic carbocycles. The predicted molar refractivity (Wildman–Crippen MR) is 97.8 cm³/mol. The zero-order valence-electron chi connectivity index (χ0n) is 14.4. The number of carbonyl (C=O) groups excluding carboxylic acids is 3. The molecule has 0 radical (unpaired) electrons. The molecule has 26 heavy (non-hydrogen) atoms. The molecule has 0 saturated carbocycles. The molecule has 2 heterocycles. The second-order valence-electron chi connectivity index (χ2n) is 6.73. The quantitative estimate of drug-likeness (QED) is 0.857. The van der Waals surface area contributed by atoms with E-state index in [0.717, 1.165) is 12.0 Å². The molecule has 5 heteroatoms. The third-order valence-corrected chi connectivity index (χ3v) is 5.11. The normalized spacial score (nSPS) is 19.2. The predicted octanol–water partition coefficient (Wildman–Crippen LogP) is 2.80. The summed E-state index contributed by atoms with van der Waals surface area (Å²) < 4.78 is 0. The number of para-hydroxylation sites is 1. The first-order valence-electron chi connectivity index (χ1n) is 8.97. The SMILES string of the molecule is O=C(CCc1ccccc1)N1C(=O)[C@@H]2CCCN2C(=O)c2ccccc21. The van der Waals surface area contributed by atoms with Gasteiger partial charge in [0.05, 0.1) is 11.3 Å². The lowest BCUT2D eigenvalue weighted by atomic mass is 10.1. The highest BCUT2D eigenvalue weighted by molar-refractivity contribution is 6.22. The summed E-state index contributed by atoms with van der Waals surface area (Å²) in [6, 6.07) is 16.1. The molecule has 132 valence electrons. The molecule has 2 aliphatic heterocycles. The van der Waals surface area contributed by atoms with E-state index in [1.54, 1.807) is 29.2 Å². The fourth-order valence-electron chi connectivity index (χ4n) is 3.80. The zero-order valence-corrected chi connectivity index (χ0v) is 14.4. The summed E-state index contributed by atoms with van der Waals surface area (Å²) in [5.74, 6) is -0.693. The van der Waals surface area contributed by atoms with Gasteiger partial charge in [0.25, 0.3) is 11.8 Å². The van der Waals surface area contributed by atoms with Crippen molar-refractivity contribution in [2.45, 2.75) is 31.7 Å². The number of imide groups is 1. The Labute approximate surface area is 152 Å². The van der Waals surface area contributed by atoms with E-state index in [2.05, 4.69) is 0 Å². The van der Waals surface area contributed by atoms with Gasteiger partial charge in [0.2, 0.25) is 5.91 Å². The molecule has 0 unspecified atom stereocenters. The van der Waals surface area contributed by atoms with E-state index >= 15 is 0 Å². The molecular weight excluding hydrogens is 328 g/mol. The molecule has 3 amide bonds. The van der Waals surface area contributed by atoms with Crippen LogP contribution in [0.3, 0.4) is 0 Å². The Morgan fingerprint density at radius 1 is 1.00 bits per heavy atom. The Hall–Kier alpha value is -2.95. The van der Waals surface area contributed by atoms with Crippen LogP contribution in [0.4, 0.5) is 5.69 Å². The number of amides is 3. The lowest BCUT2D eigenvalue weighted by Gasteiger charge is -2.24. The summed E-state index contributed by atoms with van der Waals surface area (Å²) in [6.45, 7) is 0.565. The lowest BCUT2D eigenvalue weighted by Crippen LogP contribution is -2.47. The van der Waals surface area contributed by atoms with Gasteiger partial charge in [-0.05, 0) is 37.0 Å². The van der Waals surface area contributed by atoms with Gasteiger partial charge in [-0.15, -0.1) is 0 Å².